The number of benzene rings is 2. The second-order valence-corrected chi connectivity index (χ2v) is 22.3. The molecule has 0 bridgehead atoms. The van der Waals surface area contributed by atoms with Crippen molar-refractivity contribution in [2.45, 2.75) is 101 Å². The second kappa shape index (κ2) is 19.9. The zero-order chi connectivity index (χ0) is 54.1. The maximum absolute atomic E-state index is 15.6. The summed E-state index contributed by atoms with van der Waals surface area (Å²) in [5.41, 5.74) is 0.192. The predicted octanol–water partition coefficient (Wildman–Crippen LogP) is 7.71. The van der Waals surface area contributed by atoms with Crippen LogP contribution in [0.3, 0.4) is 0 Å². The van der Waals surface area contributed by atoms with Crippen LogP contribution in [0.4, 0.5) is 43.9 Å². The first-order valence-electron chi connectivity index (χ1n) is 21.8. The Morgan fingerprint density at radius 3 is 2.27 bits per heavy atom. The van der Waals surface area contributed by atoms with E-state index in [0.717, 1.165) is 18.4 Å². The van der Waals surface area contributed by atoms with E-state index in [0.29, 0.717) is 15.1 Å². The van der Waals surface area contributed by atoms with E-state index in [1.54, 1.807) is 13.8 Å². The lowest BCUT2D eigenvalue weighted by Crippen LogP contribution is -2.39. The molecule has 7 rings (SSSR count). The van der Waals surface area contributed by atoms with Crippen molar-refractivity contribution in [3.8, 4) is 23.0 Å². The van der Waals surface area contributed by atoms with Crippen molar-refractivity contribution < 1.29 is 75.4 Å². The minimum absolute atomic E-state index is 0.211. The summed E-state index contributed by atoms with van der Waals surface area (Å²) in [4.78, 5) is 31.3. The lowest BCUT2D eigenvalue weighted by atomic mass is 9.93. The molecule has 3 heterocycles. The van der Waals surface area contributed by atoms with Gasteiger partial charge in [0.2, 0.25) is 17.2 Å². The summed E-state index contributed by atoms with van der Waals surface area (Å²) in [5, 5.41) is 9.42. The number of aromatic nitrogens is 5. The lowest BCUT2D eigenvalue weighted by molar-refractivity contribution is -0.149. The number of sulfone groups is 1. The molecule has 0 aliphatic heterocycles. The van der Waals surface area contributed by atoms with Gasteiger partial charge in [0.15, 0.2) is 22.3 Å². The number of nitrogens with two attached hydrogens (primary N) is 1. The van der Waals surface area contributed by atoms with Crippen molar-refractivity contribution in [3.05, 3.63) is 98.7 Å². The molecule has 28 heteroatoms. The van der Waals surface area contributed by atoms with Gasteiger partial charge < -0.3 is 15.8 Å². The van der Waals surface area contributed by atoms with Crippen molar-refractivity contribution in [3.63, 3.8) is 0 Å². The highest BCUT2D eigenvalue weighted by Gasteiger charge is 2.68. The van der Waals surface area contributed by atoms with E-state index in [1.807, 2.05) is 0 Å². The number of hydrogen-bond donors (Lipinski definition) is 3. The summed E-state index contributed by atoms with van der Waals surface area (Å²) in [5.74, 6) is -6.30. The smallest absolute Gasteiger partial charge is 0.435 e. The van der Waals surface area contributed by atoms with E-state index in [9.17, 15) is 61.9 Å². The summed E-state index contributed by atoms with van der Waals surface area (Å²) in [6.07, 6.45) is -10.3. The molecule has 2 aromatic carbocycles. The topological polar surface area (TPSA) is 205 Å². The van der Waals surface area contributed by atoms with Crippen LogP contribution < -0.4 is 11.1 Å². The molecule has 1 saturated carbocycles. The Hall–Kier alpha value is -5.66. The molecule has 2 aliphatic rings. The molecule has 394 valence electrons. The van der Waals surface area contributed by atoms with Crippen LogP contribution in [0.5, 0.6) is 0 Å². The van der Waals surface area contributed by atoms with Gasteiger partial charge in [-0.2, -0.15) is 49.6 Å². The maximum Gasteiger partial charge on any atom is 0.435 e. The van der Waals surface area contributed by atoms with Crippen molar-refractivity contribution in [2.24, 2.45) is 17.6 Å². The molecule has 1 amide bonds. The molecule has 0 saturated heterocycles. The van der Waals surface area contributed by atoms with Crippen LogP contribution >= 0.6 is 11.6 Å². The Bertz CT molecular complexity index is 3200. The van der Waals surface area contributed by atoms with Crippen molar-refractivity contribution in [1.29, 1.82) is 0 Å². The number of carbonyl (C=O) groups is 2. The third-order valence-corrected chi connectivity index (χ3v) is 15.2. The van der Waals surface area contributed by atoms with E-state index >= 15 is 8.78 Å². The number of carbonyl (C=O) groups excluding carboxylic acids is 2. The molecular weight excluding hydrogens is 1050 g/mol. The zero-order valence-corrected chi connectivity index (χ0v) is 41.2. The van der Waals surface area contributed by atoms with Crippen LogP contribution in [0.2, 0.25) is 5.02 Å². The number of esters is 1. The Morgan fingerprint density at radius 2 is 1.68 bits per heavy atom. The number of halogens is 11. The SMILES string of the molecule is CC(C)C(N)C(=O)OCN(Cc1nn(CC(F)(F)F)c2c(-c3ccc(C#CC(C)(C)S(C)(=O)=O)nc3C(Cc3cc(F)cc(F)c3)NC(=O)Cn3nc(C(F)(F)F)c4c3C(F)(F)[C@@H]3C[C@H]43)ccc(Cl)c12)S(=O)O. The van der Waals surface area contributed by atoms with Gasteiger partial charge in [0.1, 0.15) is 46.9 Å². The van der Waals surface area contributed by atoms with Crippen molar-refractivity contribution >= 4 is 55.5 Å². The number of pyridine rings is 1. The number of hydrogen-bond acceptors (Lipinski definition) is 10. The number of nitrogens with zero attached hydrogens (tertiary/aromatic N) is 6. The van der Waals surface area contributed by atoms with Gasteiger partial charge in [-0.3, -0.25) is 23.5 Å². The standard InChI is InChI=1S/C45H43ClF10N8O7S2/c1-21(2)36(57)41(66)71-20-62(72(67)68)17-32-35-30(46)9-8-27(38(35)64(60-32)19-43(49,50)51)26-7-6-25(10-11-42(3,4)73(5,69)70)58-37(26)31(14-22-12-23(47)15-24(48)13-22)59-33(65)18-63-40-34(39(61-63)45(54,55)56)28-16-29(28)44(40,52)53/h6-9,12-13,15,21,28-29,31,36H,14,16-20,57H2,1-5H3,(H,59,65)(H,67,68)/t28-,29+,31?,36?/m0/s1. The largest absolute Gasteiger partial charge is 0.447 e. The molecule has 5 atom stereocenters. The predicted molar refractivity (Wildman–Crippen MR) is 243 cm³/mol. The highest BCUT2D eigenvalue weighted by molar-refractivity contribution is 7.92. The maximum atomic E-state index is 15.6. The molecule has 4 N–H and O–H groups in total. The molecule has 2 aliphatic carbocycles. The molecule has 73 heavy (non-hydrogen) atoms. The number of fused-ring (bicyclic) bond motifs is 4. The average molecular weight is 1100 g/mol. The first-order chi connectivity index (χ1) is 33.7. The van der Waals surface area contributed by atoms with E-state index in [2.05, 4.69) is 32.3 Å². The number of nitrogens with one attached hydrogen (secondary N) is 1. The molecule has 5 aromatic rings. The summed E-state index contributed by atoms with van der Waals surface area (Å²) < 4.78 is 200. The minimum Gasteiger partial charge on any atom is -0.447 e. The molecule has 15 nitrogen and oxygen atoms in total. The van der Waals surface area contributed by atoms with Gasteiger partial charge in [0.25, 0.3) is 5.92 Å². The first-order valence-corrected chi connectivity index (χ1v) is 25.1. The van der Waals surface area contributed by atoms with Gasteiger partial charge >= 0.3 is 18.3 Å². The molecule has 0 spiro atoms. The summed E-state index contributed by atoms with van der Waals surface area (Å²) in [6, 6.07) is 4.06. The summed E-state index contributed by atoms with van der Waals surface area (Å²) in [7, 11) is -3.89. The highest BCUT2D eigenvalue weighted by Crippen LogP contribution is 2.68. The van der Waals surface area contributed by atoms with Crippen LogP contribution in [-0.4, -0.2) is 87.9 Å². The van der Waals surface area contributed by atoms with Gasteiger partial charge in [0.05, 0.1) is 34.5 Å². The Kier molecular flexibility index (Phi) is 15.0. The fraction of sp³-hybridized carbons (Fsp3) is 0.444. The van der Waals surface area contributed by atoms with Crippen molar-refractivity contribution in [2.75, 3.05) is 13.0 Å². The van der Waals surface area contributed by atoms with Crippen LogP contribution in [0.1, 0.15) is 85.7 Å². The van der Waals surface area contributed by atoms with E-state index in [4.69, 9.17) is 22.1 Å². The van der Waals surface area contributed by atoms with Gasteiger partial charge in [-0.1, -0.05) is 37.4 Å². The first kappa shape index (κ1) is 55.1. The van der Waals surface area contributed by atoms with E-state index < -0.39 is 158 Å². The number of alkyl halides is 8. The minimum atomic E-state index is -5.21. The van der Waals surface area contributed by atoms with E-state index in [1.165, 1.54) is 38.1 Å². The second-order valence-electron chi connectivity index (χ2n) is 18.4. The molecule has 3 unspecified atom stereocenters. The highest BCUT2D eigenvalue weighted by atomic mass is 35.5. The van der Waals surface area contributed by atoms with Gasteiger partial charge in [0, 0.05) is 40.3 Å². The lowest BCUT2D eigenvalue weighted by Gasteiger charge is -2.23. The normalized spacial score (nSPS) is 17.8. The number of amides is 1. The Balaban J connectivity index is 1.43. The summed E-state index contributed by atoms with van der Waals surface area (Å²) in [6.45, 7) is 0.874. The monoisotopic (exact) mass is 1100 g/mol. The van der Waals surface area contributed by atoms with E-state index in [-0.39, 0.29) is 49.6 Å². The van der Waals surface area contributed by atoms with Crippen LogP contribution in [0.15, 0.2) is 42.5 Å². The van der Waals surface area contributed by atoms with Crippen LogP contribution in [-0.2, 0) is 73.6 Å². The molecule has 1 fully saturated rings. The molecule has 0 radical (unpaired) electrons. The van der Waals surface area contributed by atoms with Crippen LogP contribution in [0, 0.1) is 35.3 Å². The third-order valence-electron chi connectivity index (χ3n) is 12.3. The Labute approximate surface area is 417 Å². The Morgan fingerprint density at radius 1 is 1.04 bits per heavy atom. The quantitative estimate of drug-likeness (QED) is 0.0287. The van der Waals surface area contributed by atoms with Gasteiger partial charge in [-0.05, 0) is 80.3 Å². The molecular formula is C45H43ClF10N8O7S2. The number of ether oxygens (including phenoxy) is 1. The molecule has 3 aromatic heterocycles. The average Bonchev–Trinajstić information content (AvgIpc) is 3.78. The summed E-state index contributed by atoms with van der Waals surface area (Å²) >= 11 is 3.69. The third kappa shape index (κ3) is 11.7. The van der Waals surface area contributed by atoms with Crippen molar-refractivity contribution in [1.82, 2.24) is 34.2 Å². The van der Waals surface area contributed by atoms with Crippen LogP contribution in [0.25, 0.3) is 22.0 Å². The number of rotatable bonds is 16. The fourth-order valence-electron chi connectivity index (χ4n) is 8.28. The fourth-order valence-corrected chi connectivity index (χ4v) is 9.15. The van der Waals surface area contributed by atoms with Gasteiger partial charge in [-0.15, -0.1) is 0 Å². The van der Waals surface area contributed by atoms with Gasteiger partial charge in [-0.25, -0.2) is 26.4 Å². The zero-order valence-electron chi connectivity index (χ0n) is 38.8.